The van der Waals surface area contributed by atoms with E-state index in [0.29, 0.717) is 18.5 Å². The third-order valence-corrected chi connectivity index (χ3v) is 5.13. The Balaban J connectivity index is 1.26. The van der Waals surface area contributed by atoms with E-state index in [1.165, 1.54) is 31.4 Å². The maximum atomic E-state index is 12.2. The first-order valence-corrected chi connectivity index (χ1v) is 9.10. The lowest BCUT2D eigenvalue weighted by Crippen LogP contribution is -2.26. The van der Waals surface area contributed by atoms with Crippen LogP contribution in [0, 0.1) is 5.92 Å². The van der Waals surface area contributed by atoms with Crippen LogP contribution in [0.1, 0.15) is 47.5 Å². The van der Waals surface area contributed by atoms with Crippen molar-refractivity contribution in [1.29, 1.82) is 0 Å². The number of carbonyl (C=O) groups is 1. The van der Waals surface area contributed by atoms with Gasteiger partial charge >= 0.3 is 0 Å². The highest BCUT2D eigenvalue weighted by Crippen LogP contribution is 2.41. The van der Waals surface area contributed by atoms with Gasteiger partial charge < -0.3 is 10.6 Å². The standard InChI is InChI=1S/C20H25N3O/c24-20(23-13-15-2-1-9-21-11-15)17-7-5-16(6-8-17)18-10-19(18)22-12-14-3-4-14/h2,5-8,11,14,18-19,22H,1,3-4,9-10,12-13H2,(H,23,24). The van der Waals surface area contributed by atoms with E-state index in [-0.39, 0.29) is 5.91 Å². The van der Waals surface area contributed by atoms with Crippen LogP contribution in [0.5, 0.6) is 0 Å². The predicted molar refractivity (Wildman–Crippen MR) is 96.7 cm³/mol. The summed E-state index contributed by atoms with van der Waals surface area (Å²) < 4.78 is 0. The molecule has 4 nitrogen and oxygen atoms in total. The Kier molecular flexibility index (Phi) is 4.48. The molecular weight excluding hydrogens is 298 g/mol. The van der Waals surface area contributed by atoms with E-state index in [2.05, 4.69) is 33.8 Å². The molecule has 1 heterocycles. The van der Waals surface area contributed by atoms with E-state index in [9.17, 15) is 4.79 Å². The maximum Gasteiger partial charge on any atom is 0.251 e. The van der Waals surface area contributed by atoms with Gasteiger partial charge in [0.15, 0.2) is 0 Å². The van der Waals surface area contributed by atoms with Gasteiger partial charge in [-0.3, -0.25) is 9.79 Å². The number of hydrogen-bond donors (Lipinski definition) is 2. The zero-order valence-electron chi connectivity index (χ0n) is 14.0. The second kappa shape index (κ2) is 6.89. The van der Waals surface area contributed by atoms with Gasteiger partial charge in [-0.2, -0.15) is 0 Å². The second-order valence-electron chi connectivity index (χ2n) is 7.21. The highest BCUT2D eigenvalue weighted by Gasteiger charge is 2.38. The Labute approximate surface area is 143 Å². The molecule has 3 aliphatic rings. The first-order chi connectivity index (χ1) is 11.8. The molecule has 1 amide bonds. The van der Waals surface area contributed by atoms with Gasteiger partial charge in [0.25, 0.3) is 5.91 Å². The van der Waals surface area contributed by atoms with Crippen LogP contribution in [0.4, 0.5) is 0 Å². The molecule has 24 heavy (non-hydrogen) atoms. The molecule has 2 saturated carbocycles. The van der Waals surface area contributed by atoms with Crippen molar-refractivity contribution in [2.75, 3.05) is 19.6 Å². The molecular formula is C20H25N3O. The summed E-state index contributed by atoms with van der Waals surface area (Å²) in [7, 11) is 0. The van der Waals surface area contributed by atoms with Crippen LogP contribution in [0.15, 0.2) is 40.9 Å². The summed E-state index contributed by atoms with van der Waals surface area (Å²) in [4.78, 5) is 16.5. The van der Waals surface area contributed by atoms with Crippen LogP contribution >= 0.6 is 0 Å². The molecule has 2 unspecified atom stereocenters. The molecule has 1 aromatic carbocycles. The fraction of sp³-hybridized carbons (Fsp3) is 0.500. The minimum Gasteiger partial charge on any atom is -0.348 e. The van der Waals surface area contributed by atoms with Gasteiger partial charge in [-0.05, 0) is 61.4 Å². The van der Waals surface area contributed by atoms with Crippen molar-refractivity contribution >= 4 is 12.1 Å². The Morgan fingerprint density at radius 2 is 2.04 bits per heavy atom. The molecule has 0 radical (unpaired) electrons. The average Bonchev–Trinajstić information content (AvgIpc) is 3.54. The first kappa shape index (κ1) is 15.6. The summed E-state index contributed by atoms with van der Waals surface area (Å²) in [6.07, 6.45) is 8.99. The molecule has 2 aliphatic carbocycles. The van der Waals surface area contributed by atoms with Crippen LogP contribution in [-0.2, 0) is 0 Å². The van der Waals surface area contributed by atoms with Gasteiger partial charge in [0.1, 0.15) is 0 Å². The normalized spacial score (nSPS) is 25.2. The van der Waals surface area contributed by atoms with E-state index >= 15 is 0 Å². The van der Waals surface area contributed by atoms with Crippen molar-refractivity contribution in [3.8, 4) is 0 Å². The van der Waals surface area contributed by atoms with E-state index in [1.54, 1.807) is 0 Å². The number of carbonyl (C=O) groups excluding carboxylic acids is 1. The lowest BCUT2D eigenvalue weighted by atomic mass is 10.1. The minimum atomic E-state index is -0.0133. The highest BCUT2D eigenvalue weighted by molar-refractivity contribution is 5.95. The molecule has 0 bridgehead atoms. The van der Waals surface area contributed by atoms with E-state index in [4.69, 9.17) is 0 Å². The van der Waals surface area contributed by atoms with Crippen molar-refractivity contribution in [2.45, 2.75) is 37.6 Å². The smallest absolute Gasteiger partial charge is 0.251 e. The molecule has 4 rings (SSSR count). The largest absolute Gasteiger partial charge is 0.348 e. The molecule has 1 aliphatic heterocycles. The molecule has 2 N–H and O–H groups in total. The zero-order chi connectivity index (χ0) is 16.4. The number of benzene rings is 1. The van der Waals surface area contributed by atoms with Gasteiger partial charge in [0.05, 0.1) is 0 Å². The Morgan fingerprint density at radius 1 is 1.21 bits per heavy atom. The summed E-state index contributed by atoms with van der Waals surface area (Å²) >= 11 is 0. The monoisotopic (exact) mass is 323 g/mol. The van der Waals surface area contributed by atoms with Crippen molar-refractivity contribution in [1.82, 2.24) is 10.6 Å². The SMILES string of the molecule is O=C(NCC1=CCCN=C1)c1ccc(C2CC2NCC2CC2)cc1. The van der Waals surface area contributed by atoms with Crippen LogP contribution in [0.3, 0.4) is 0 Å². The Bertz CT molecular complexity index is 658. The third-order valence-electron chi connectivity index (χ3n) is 5.13. The van der Waals surface area contributed by atoms with E-state index in [1.807, 2.05) is 18.3 Å². The van der Waals surface area contributed by atoms with Crippen molar-refractivity contribution in [2.24, 2.45) is 10.9 Å². The molecule has 2 atom stereocenters. The molecule has 4 heteroatoms. The van der Waals surface area contributed by atoms with Gasteiger partial charge in [0.2, 0.25) is 0 Å². The second-order valence-corrected chi connectivity index (χ2v) is 7.21. The number of hydrogen-bond acceptors (Lipinski definition) is 3. The van der Waals surface area contributed by atoms with Crippen molar-refractivity contribution in [3.63, 3.8) is 0 Å². The number of amides is 1. The van der Waals surface area contributed by atoms with Crippen molar-refractivity contribution in [3.05, 3.63) is 47.0 Å². The molecule has 0 aromatic heterocycles. The zero-order valence-corrected chi connectivity index (χ0v) is 14.0. The highest BCUT2D eigenvalue weighted by atomic mass is 16.1. The first-order valence-electron chi connectivity index (χ1n) is 9.10. The summed E-state index contributed by atoms with van der Waals surface area (Å²) in [6.45, 7) is 2.59. The molecule has 1 aromatic rings. The average molecular weight is 323 g/mol. The molecule has 2 fully saturated rings. The van der Waals surface area contributed by atoms with Crippen molar-refractivity contribution < 1.29 is 4.79 Å². The fourth-order valence-electron chi connectivity index (χ4n) is 3.27. The topological polar surface area (TPSA) is 53.5 Å². The molecule has 0 spiro atoms. The van der Waals surface area contributed by atoms with Gasteiger partial charge in [-0.1, -0.05) is 18.2 Å². The summed E-state index contributed by atoms with van der Waals surface area (Å²) in [5.41, 5.74) is 3.17. The van der Waals surface area contributed by atoms with Gasteiger partial charge in [0, 0.05) is 36.8 Å². The molecule has 0 saturated heterocycles. The summed E-state index contributed by atoms with van der Waals surface area (Å²) in [5, 5.41) is 6.63. The summed E-state index contributed by atoms with van der Waals surface area (Å²) in [6, 6.07) is 8.76. The number of rotatable bonds is 7. The van der Waals surface area contributed by atoms with Crippen LogP contribution < -0.4 is 10.6 Å². The van der Waals surface area contributed by atoms with Crippen LogP contribution in [-0.4, -0.2) is 37.8 Å². The quantitative estimate of drug-likeness (QED) is 0.810. The Morgan fingerprint density at radius 3 is 2.75 bits per heavy atom. The number of nitrogens with zero attached hydrogens (tertiary/aromatic N) is 1. The predicted octanol–water partition coefficient (Wildman–Crippen LogP) is 2.67. The maximum absolute atomic E-state index is 12.2. The van der Waals surface area contributed by atoms with Crippen LogP contribution in [0.2, 0.25) is 0 Å². The van der Waals surface area contributed by atoms with Crippen LogP contribution in [0.25, 0.3) is 0 Å². The third kappa shape index (κ3) is 3.93. The van der Waals surface area contributed by atoms with E-state index < -0.39 is 0 Å². The van der Waals surface area contributed by atoms with Gasteiger partial charge in [-0.25, -0.2) is 0 Å². The number of dihydropyridines is 1. The van der Waals surface area contributed by atoms with Gasteiger partial charge in [-0.15, -0.1) is 0 Å². The lowest BCUT2D eigenvalue weighted by molar-refractivity contribution is 0.0957. The fourth-order valence-corrected chi connectivity index (χ4v) is 3.27. The number of aliphatic imine (C=N–C) groups is 1. The Hall–Kier alpha value is -1.94. The van der Waals surface area contributed by atoms with E-state index in [0.717, 1.165) is 30.0 Å². The minimum absolute atomic E-state index is 0.0133. The lowest BCUT2D eigenvalue weighted by Gasteiger charge is -2.09. The summed E-state index contributed by atoms with van der Waals surface area (Å²) in [5.74, 6) is 1.55. The molecule has 126 valence electrons. The number of nitrogens with one attached hydrogen (secondary N) is 2.